The van der Waals surface area contributed by atoms with E-state index in [1.54, 1.807) is 0 Å². The number of ether oxygens (including phenoxy) is 1. The third kappa shape index (κ3) is 1.99. The molecule has 2 saturated heterocycles. The summed E-state index contributed by atoms with van der Waals surface area (Å²) in [7, 11) is 0. The second kappa shape index (κ2) is 3.75. The summed E-state index contributed by atoms with van der Waals surface area (Å²) in [6.07, 6.45) is 2.79. The van der Waals surface area contributed by atoms with E-state index >= 15 is 0 Å². The van der Waals surface area contributed by atoms with E-state index in [0.29, 0.717) is 0 Å². The molecule has 0 aliphatic carbocycles. The van der Waals surface area contributed by atoms with Gasteiger partial charge in [0.25, 0.3) is 0 Å². The Hall–Kier alpha value is -0.0800. The third-order valence-corrected chi connectivity index (χ3v) is 3.10. The maximum atomic E-state index is 5.17. The van der Waals surface area contributed by atoms with Crippen molar-refractivity contribution in [1.29, 1.82) is 0 Å². The highest BCUT2D eigenvalue weighted by atomic mass is 16.5. The molecule has 2 heteroatoms. The average molecular weight is 169 g/mol. The number of nitrogens with zero attached hydrogens (tertiary/aromatic N) is 1. The van der Waals surface area contributed by atoms with Crippen LogP contribution in [-0.4, -0.2) is 37.7 Å². The minimum absolute atomic E-state index is 0.846. The molecule has 0 aromatic heterocycles. The summed E-state index contributed by atoms with van der Waals surface area (Å²) >= 11 is 0. The first-order valence-corrected chi connectivity index (χ1v) is 5.14. The topological polar surface area (TPSA) is 12.5 Å². The molecule has 0 N–H and O–H groups in total. The van der Waals surface area contributed by atoms with Crippen molar-refractivity contribution >= 4 is 0 Å². The Kier molecular flexibility index (Phi) is 2.66. The minimum Gasteiger partial charge on any atom is -0.381 e. The normalized spacial score (nSPS) is 28.8. The van der Waals surface area contributed by atoms with Gasteiger partial charge in [0.1, 0.15) is 0 Å². The predicted octanol–water partition coefficient (Wildman–Crippen LogP) is 1.36. The average Bonchev–Trinajstić information content (AvgIpc) is 2.00. The molecular formula is C10H19NO. The van der Waals surface area contributed by atoms with Gasteiger partial charge in [0.2, 0.25) is 0 Å². The van der Waals surface area contributed by atoms with Crippen LogP contribution in [-0.2, 0) is 4.74 Å². The number of rotatable bonds is 2. The molecule has 0 spiro atoms. The van der Waals surface area contributed by atoms with Crippen LogP contribution in [0.15, 0.2) is 0 Å². The van der Waals surface area contributed by atoms with Gasteiger partial charge in [0.15, 0.2) is 0 Å². The third-order valence-electron chi connectivity index (χ3n) is 3.10. The van der Waals surface area contributed by atoms with Crippen LogP contribution in [0.5, 0.6) is 0 Å². The van der Waals surface area contributed by atoms with Crippen LogP contribution >= 0.6 is 0 Å². The zero-order chi connectivity index (χ0) is 8.39. The Balaban J connectivity index is 1.67. The molecule has 12 heavy (non-hydrogen) atoms. The number of likely N-dealkylation sites (tertiary alicyclic amines) is 1. The molecule has 0 amide bonds. The molecular weight excluding hydrogens is 150 g/mol. The SMILES string of the molecule is CC1CCN(CC2COC2)CC1. The molecule has 2 fully saturated rings. The molecule has 0 aromatic carbocycles. The van der Waals surface area contributed by atoms with E-state index in [9.17, 15) is 0 Å². The number of piperidine rings is 1. The molecule has 0 saturated carbocycles. The molecule has 2 aliphatic heterocycles. The van der Waals surface area contributed by atoms with Gasteiger partial charge in [-0.25, -0.2) is 0 Å². The highest BCUT2D eigenvalue weighted by Crippen LogP contribution is 2.19. The Bertz CT molecular complexity index is 137. The molecule has 2 heterocycles. The first-order valence-electron chi connectivity index (χ1n) is 5.14. The summed E-state index contributed by atoms with van der Waals surface area (Å²) in [6, 6.07) is 0. The Morgan fingerprint density at radius 1 is 1.25 bits per heavy atom. The predicted molar refractivity (Wildman–Crippen MR) is 49.1 cm³/mol. The lowest BCUT2D eigenvalue weighted by Gasteiger charge is -2.35. The maximum Gasteiger partial charge on any atom is 0.0528 e. The summed E-state index contributed by atoms with van der Waals surface area (Å²) in [5, 5.41) is 0. The fourth-order valence-electron chi connectivity index (χ4n) is 2.00. The molecule has 70 valence electrons. The van der Waals surface area contributed by atoms with Gasteiger partial charge in [-0.1, -0.05) is 6.92 Å². The van der Waals surface area contributed by atoms with E-state index in [2.05, 4.69) is 11.8 Å². The highest BCUT2D eigenvalue weighted by Gasteiger charge is 2.23. The van der Waals surface area contributed by atoms with Gasteiger partial charge in [0.05, 0.1) is 13.2 Å². The molecule has 2 aliphatic rings. The zero-order valence-corrected chi connectivity index (χ0v) is 7.96. The molecule has 0 bridgehead atoms. The van der Waals surface area contributed by atoms with Gasteiger partial charge in [-0.3, -0.25) is 0 Å². The van der Waals surface area contributed by atoms with Gasteiger partial charge < -0.3 is 9.64 Å². The van der Waals surface area contributed by atoms with Crippen molar-refractivity contribution in [3.63, 3.8) is 0 Å². The second-order valence-corrected chi connectivity index (χ2v) is 4.39. The zero-order valence-electron chi connectivity index (χ0n) is 7.96. The number of hydrogen-bond donors (Lipinski definition) is 0. The van der Waals surface area contributed by atoms with Crippen molar-refractivity contribution in [2.45, 2.75) is 19.8 Å². The van der Waals surface area contributed by atoms with Gasteiger partial charge in [0, 0.05) is 12.5 Å². The lowest BCUT2D eigenvalue weighted by atomic mass is 9.98. The van der Waals surface area contributed by atoms with Crippen molar-refractivity contribution in [2.24, 2.45) is 11.8 Å². The fraction of sp³-hybridized carbons (Fsp3) is 1.00. The van der Waals surface area contributed by atoms with Crippen molar-refractivity contribution in [3.8, 4) is 0 Å². The highest BCUT2D eigenvalue weighted by molar-refractivity contribution is 4.75. The van der Waals surface area contributed by atoms with Crippen molar-refractivity contribution < 1.29 is 4.74 Å². The van der Waals surface area contributed by atoms with E-state index in [1.165, 1.54) is 32.5 Å². The molecule has 0 aromatic rings. The summed E-state index contributed by atoms with van der Waals surface area (Å²) in [5.41, 5.74) is 0. The fourth-order valence-corrected chi connectivity index (χ4v) is 2.00. The Labute approximate surface area is 74.9 Å². The van der Waals surface area contributed by atoms with Gasteiger partial charge in [-0.05, 0) is 31.8 Å². The van der Waals surface area contributed by atoms with Crippen LogP contribution in [0, 0.1) is 11.8 Å². The first-order chi connectivity index (χ1) is 5.84. The largest absolute Gasteiger partial charge is 0.381 e. The lowest BCUT2D eigenvalue weighted by Crippen LogP contribution is -2.42. The van der Waals surface area contributed by atoms with E-state index < -0.39 is 0 Å². The quantitative estimate of drug-likeness (QED) is 0.619. The summed E-state index contributed by atoms with van der Waals surface area (Å²) in [6.45, 7) is 8.30. The van der Waals surface area contributed by atoms with E-state index in [-0.39, 0.29) is 0 Å². The number of hydrogen-bond acceptors (Lipinski definition) is 2. The monoisotopic (exact) mass is 169 g/mol. The van der Waals surface area contributed by atoms with Crippen molar-refractivity contribution in [3.05, 3.63) is 0 Å². The van der Waals surface area contributed by atoms with Gasteiger partial charge in [-0.2, -0.15) is 0 Å². The first kappa shape index (κ1) is 8.52. The molecule has 0 atom stereocenters. The molecule has 0 unspecified atom stereocenters. The van der Waals surface area contributed by atoms with E-state index in [4.69, 9.17) is 4.74 Å². The van der Waals surface area contributed by atoms with Crippen LogP contribution in [0.3, 0.4) is 0 Å². The molecule has 2 nitrogen and oxygen atoms in total. The Morgan fingerprint density at radius 2 is 1.92 bits per heavy atom. The van der Waals surface area contributed by atoms with Crippen LogP contribution < -0.4 is 0 Å². The standard InChI is InChI=1S/C10H19NO/c1-9-2-4-11(5-3-9)6-10-7-12-8-10/h9-10H,2-8H2,1H3. The second-order valence-electron chi connectivity index (χ2n) is 4.39. The minimum atomic E-state index is 0.846. The summed E-state index contributed by atoms with van der Waals surface area (Å²) in [5.74, 6) is 1.80. The molecule has 0 radical (unpaired) electrons. The van der Waals surface area contributed by atoms with Gasteiger partial charge >= 0.3 is 0 Å². The summed E-state index contributed by atoms with van der Waals surface area (Å²) in [4.78, 5) is 2.60. The van der Waals surface area contributed by atoms with Crippen LogP contribution in [0.4, 0.5) is 0 Å². The smallest absolute Gasteiger partial charge is 0.0528 e. The van der Waals surface area contributed by atoms with Crippen LogP contribution in [0.1, 0.15) is 19.8 Å². The van der Waals surface area contributed by atoms with Crippen LogP contribution in [0.2, 0.25) is 0 Å². The van der Waals surface area contributed by atoms with Gasteiger partial charge in [-0.15, -0.1) is 0 Å². The van der Waals surface area contributed by atoms with Crippen LogP contribution in [0.25, 0.3) is 0 Å². The van der Waals surface area contributed by atoms with E-state index in [1.807, 2.05) is 0 Å². The van der Waals surface area contributed by atoms with E-state index in [0.717, 1.165) is 25.0 Å². The molecule has 2 rings (SSSR count). The maximum absolute atomic E-state index is 5.17. The van der Waals surface area contributed by atoms with Crippen molar-refractivity contribution in [2.75, 3.05) is 32.8 Å². The lowest BCUT2D eigenvalue weighted by molar-refractivity contribution is -0.0494. The summed E-state index contributed by atoms with van der Waals surface area (Å²) < 4.78 is 5.17. The Morgan fingerprint density at radius 3 is 2.42 bits per heavy atom. The van der Waals surface area contributed by atoms with Crippen molar-refractivity contribution in [1.82, 2.24) is 4.90 Å².